The Morgan fingerprint density at radius 1 is 1.32 bits per heavy atom. The second-order valence-corrected chi connectivity index (χ2v) is 6.21. The first-order valence-corrected chi connectivity index (χ1v) is 7.98. The largest absolute Gasteiger partial charge is 0.377 e. The summed E-state index contributed by atoms with van der Waals surface area (Å²) in [5.41, 5.74) is 2.54. The Labute approximate surface area is 126 Å². The van der Waals surface area contributed by atoms with Gasteiger partial charge >= 0.3 is 0 Å². The van der Waals surface area contributed by atoms with E-state index in [9.17, 15) is 0 Å². The third-order valence-corrected chi connectivity index (χ3v) is 3.64. The van der Waals surface area contributed by atoms with Gasteiger partial charge in [-0.15, -0.1) is 0 Å². The normalized spacial score (nSPS) is 11.2. The maximum atomic E-state index is 5.65. The number of benzene rings is 1. The molecule has 0 fully saturated rings. The zero-order valence-corrected chi connectivity index (χ0v) is 13.9. The molecule has 0 aliphatic carbocycles. The van der Waals surface area contributed by atoms with Crippen LogP contribution < -0.4 is 5.32 Å². The van der Waals surface area contributed by atoms with E-state index in [-0.39, 0.29) is 0 Å². The van der Waals surface area contributed by atoms with E-state index in [0.29, 0.717) is 12.5 Å². The maximum Gasteiger partial charge on any atom is 0.0727 e. The molecule has 1 aromatic carbocycles. The molecule has 3 heteroatoms. The van der Waals surface area contributed by atoms with Crippen molar-refractivity contribution in [2.45, 2.75) is 46.8 Å². The van der Waals surface area contributed by atoms with Crippen LogP contribution in [0.4, 0.5) is 0 Å². The summed E-state index contributed by atoms with van der Waals surface area (Å²) < 4.78 is 6.79. The average Bonchev–Trinajstić information content (AvgIpc) is 2.36. The van der Waals surface area contributed by atoms with Gasteiger partial charge in [-0.2, -0.15) is 0 Å². The van der Waals surface area contributed by atoms with Gasteiger partial charge < -0.3 is 10.1 Å². The molecule has 0 unspecified atom stereocenters. The van der Waals surface area contributed by atoms with Gasteiger partial charge in [-0.05, 0) is 36.1 Å². The van der Waals surface area contributed by atoms with E-state index in [1.165, 1.54) is 17.5 Å². The summed E-state index contributed by atoms with van der Waals surface area (Å²) in [6, 6.07) is 6.52. The fourth-order valence-electron chi connectivity index (χ4n) is 1.75. The van der Waals surface area contributed by atoms with E-state index in [1.807, 2.05) is 0 Å². The molecule has 0 bridgehead atoms. The minimum Gasteiger partial charge on any atom is -0.377 e. The van der Waals surface area contributed by atoms with Crippen molar-refractivity contribution in [3.05, 3.63) is 33.8 Å². The lowest BCUT2D eigenvalue weighted by molar-refractivity contribution is 0.117. The van der Waals surface area contributed by atoms with E-state index < -0.39 is 0 Å². The summed E-state index contributed by atoms with van der Waals surface area (Å²) in [7, 11) is 0. The number of nitrogens with one attached hydrogen (secondary N) is 1. The van der Waals surface area contributed by atoms with Gasteiger partial charge in [0.15, 0.2) is 0 Å². The van der Waals surface area contributed by atoms with Crippen LogP contribution in [0.5, 0.6) is 0 Å². The van der Waals surface area contributed by atoms with Crippen LogP contribution in [0.3, 0.4) is 0 Å². The molecule has 1 aromatic rings. The van der Waals surface area contributed by atoms with Crippen molar-refractivity contribution in [1.82, 2.24) is 5.32 Å². The van der Waals surface area contributed by atoms with Crippen LogP contribution in [0, 0.1) is 5.92 Å². The lowest BCUT2D eigenvalue weighted by atomic mass is 10.1. The fraction of sp³-hybridized carbons (Fsp3) is 0.625. The van der Waals surface area contributed by atoms with Crippen molar-refractivity contribution in [3.63, 3.8) is 0 Å². The number of unbranched alkanes of at least 4 members (excludes halogenated alkanes) is 1. The molecular formula is C16H26BrNO. The van der Waals surface area contributed by atoms with Crippen LogP contribution in [0.25, 0.3) is 0 Å². The zero-order valence-electron chi connectivity index (χ0n) is 12.3. The Kier molecular flexibility index (Phi) is 8.35. The van der Waals surface area contributed by atoms with E-state index in [0.717, 1.165) is 30.6 Å². The second-order valence-electron chi connectivity index (χ2n) is 5.36. The third kappa shape index (κ3) is 7.09. The van der Waals surface area contributed by atoms with E-state index in [2.05, 4.69) is 60.2 Å². The summed E-state index contributed by atoms with van der Waals surface area (Å²) in [4.78, 5) is 0. The van der Waals surface area contributed by atoms with Crippen LogP contribution >= 0.6 is 15.9 Å². The molecule has 19 heavy (non-hydrogen) atoms. The predicted octanol–water partition coefficient (Wildman–Crippen LogP) is 4.51. The molecule has 0 saturated heterocycles. The molecule has 108 valence electrons. The summed E-state index contributed by atoms with van der Waals surface area (Å²) in [6.07, 6.45) is 2.32. The molecule has 0 atom stereocenters. The molecule has 0 aromatic heterocycles. The van der Waals surface area contributed by atoms with Crippen molar-refractivity contribution in [1.29, 1.82) is 0 Å². The van der Waals surface area contributed by atoms with Crippen LogP contribution in [0.1, 0.15) is 44.7 Å². The molecule has 0 saturated carbocycles. The SMILES string of the molecule is CCCCOCc1ccc(CNCC(C)C)cc1Br. The lowest BCUT2D eigenvalue weighted by Gasteiger charge is -2.10. The monoisotopic (exact) mass is 327 g/mol. The Bertz CT molecular complexity index is 366. The highest BCUT2D eigenvalue weighted by Crippen LogP contribution is 2.19. The molecule has 0 amide bonds. The van der Waals surface area contributed by atoms with E-state index in [1.54, 1.807) is 0 Å². The molecule has 0 heterocycles. The quantitative estimate of drug-likeness (QED) is 0.673. The van der Waals surface area contributed by atoms with Crippen LogP contribution in [0.15, 0.2) is 22.7 Å². The van der Waals surface area contributed by atoms with Gasteiger partial charge in [0.25, 0.3) is 0 Å². The molecule has 1 N–H and O–H groups in total. The topological polar surface area (TPSA) is 21.3 Å². The highest BCUT2D eigenvalue weighted by Gasteiger charge is 2.02. The Morgan fingerprint density at radius 3 is 2.74 bits per heavy atom. The molecule has 2 nitrogen and oxygen atoms in total. The summed E-state index contributed by atoms with van der Waals surface area (Å²) in [5, 5.41) is 3.46. The Morgan fingerprint density at radius 2 is 2.11 bits per heavy atom. The first-order chi connectivity index (χ1) is 9.13. The fourth-order valence-corrected chi connectivity index (χ4v) is 2.29. The van der Waals surface area contributed by atoms with Crippen LogP contribution in [0.2, 0.25) is 0 Å². The first kappa shape index (κ1) is 16.7. The Hall–Kier alpha value is -0.380. The van der Waals surface area contributed by atoms with Gasteiger partial charge in [-0.25, -0.2) is 0 Å². The lowest BCUT2D eigenvalue weighted by Crippen LogP contribution is -2.18. The highest BCUT2D eigenvalue weighted by atomic mass is 79.9. The average molecular weight is 328 g/mol. The smallest absolute Gasteiger partial charge is 0.0727 e. The molecule has 1 rings (SSSR count). The summed E-state index contributed by atoms with van der Waals surface area (Å²) in [6.45, 7) is 10.1. The summed E-state index contributed by atoms with van der Waals surface area (Å²) in [5.74, 6) is 0.690. The van der Waals surface area contributed by atoms with Crippen molar-refractivity contribution in [2.24, 2.45) is 5.92 Å². The number of halogens is 1. The predicted molar refractivity (Wildman–Crippen MR) is 85.3 cm³/mol. The van der Waals surface area contributed by atoms with Gasteiger partial charge in [0.05, 0.1) is 6.61 Å². The van der Waals surface area contributed by atoms with Crippen molar-refractivity contribution in [2.75, 3.05) is 13.2 Å². The number of hydrogen-bond acceptors (Lipinski definition) is 2. The highest BCUT2D eigenvalue weighted by molar-refractivity contribution is 9.10. The van der Waals surface area contributed by atoms with Crippen LogP contribution in [-0.4, -0.2) is 13.2 Å². The molecule has 0 aliphatic rings. The van der Waals surface area contributed by atoms with Gasteiger partial charge in [0.2, 0.25) is 0 Å². The number of ether oxygens (including phenoxy) is 1. The van der Waals surface area contributed by atoms with Gasteiger partial charge in [0.1, 0.15) is 0 Å². The standard InChI is InChI=1S/C16H26BrNO/c1-4-5-8-19-12-15-7-6-14(9-16(15)17)11-18-10-13(2)3/h6-7,9,13,18H,4-5,8,10-12H2,1-3H3. The minimum absolute atomic E-state index is 0.690. The van der Waals surface area contributed by atoms with E-state index >= 15 is 0 Å². The van der Waals surface area contributed by atoms with Crippen molar-refractivity contribution >= 4 is 15.9 Å². The van der Waals surface area contributed by atoms with Gasteiger partial charge in [-0.1, -0.05) is 55.3 Å². The van der Waals surface area contributed by atoms with Gasteiger partial charge in [-0.3, -0.25) is 0 Å². The second kappa shape index (κ2) is 9.51. The molecular weight excluding hydrogens is 302 g/mol. The maximum absolute atomic E-state index is 5.65. The van der Waals surface area contributed by atoms with Crippen LogP contribution in [-0.2, 0) is 17.9 Å². The van der Waals surface area contributed by atoms with Gasteiger partial charge in [0, 0.05) is 17.6 Å². The first-order valence-electron chi connectivity index (χ1n) is 7.19. The molecule has 0 radical (unpaired) electrons. The molecule has 0 spiro atoms. The van der Waals surface area contributed by atoms with E-state index in [4.69, 9.17) is 4.74 Å². The molecule has 0 aliphatic heterocycles. The third-order valence-electron chi connectivity index (χ3n) is 2.90. The number of hydrogen-bond donors (Lipinski definition) is 1. The number of rotatable bonds is 9. The Balaban J connectivity index is 2.40. The van der Waals surface area contributed by atoms with Crippen molar-refractivity contribution < 1.29 is 4.74 Å². The zero-order chi connectivity index (χ0) is 14.1. The van der Waals surface area contributed by atoms with Crippen molar-refractivity contribution in [3.8, 4) is 0 Å². The minimum atomic E-state index is 0.690. The summed E-state index contributed by atoms with van der Waals surface area (Å²) >= 11 is 3.63.